The molecule has 1 heterocycles. The van der Waals surface area contributed by atoms with Crippen LogP contribution in [-0.2, 0) is 11.3 Å². The van der Waals surface area contributed by atoms with Gasteiger partial charge in [0.2, 0.25) is 5.91 Å². The number of amides is 1. The second-order valence-electron chi connectivity index (χ2n) is 5.53. The Morgan fingerprint density at radius 3 is 2.33 bits per heavy atom. The molecule has 2 heteroatoms. The van der Waals surface area contributed by atoms with E-state index in [1.54, 1.807) is 0 Å². The van der Waals surface area contributed by atoms with Gasteiger partial charge in [0.15, 0.2) is 0 Å². The van der Waals surface area contributed by atoms with Crippen LogP contribution < -0.4 is 0 Å². The van der Waals surface area contributed by atoms with Crippen LogP contribution in [0.1, 0.15) is 24.5 Å². The first-order valence-electron chi connectivity index (χ1n) is 7.30. The Morgan fingerprint density at radius 2 is 1.71 bits per heavy atom. The molecule has 0 radical (unpaired) electrons. The largest absolute Gasteiger partial charge is 0.331 e. The second-order valence-corrected chi connectivity index (χ2v) is 5.53. The summed E-state index contributed by atoms with van der Waals surface area (Å²) in [6, 6.07) is 20.7. The van der Waals surface area contributed by atoms with Gasteiger partial charge in [-0.1, -0.05) is 66.7 Å². The fourth-order valence-electron chi connectivity index (χ4n) is 2.75. The molecule has 106 valence electrons. The molecular weight excluding hydrogens is 258 g/mol. The van der Waals surface area contributed by atoms with Crippen molar-refractivity contribution < 1.29 is 4.79 Å². The summed E-state index contributed by atoms with van der Waals surface area (Å²) in [7, 11) is 0. The minimum atomic E-state index is 0.234. The predicted octanol–water partition coefficient (Wildman–Crippen LogP) is 3.89. The highest BCUT2D eigenvalue weighted by molar-refractivity contribution is 5.85. The summed E-state index contributed by atoms with van der Waals surface area (Å²) in [6.45, 7) is 2.81. The molecule has 1 amide bonds. The third-order valence-electron chi connectivity index (χ3n) is 3.98. The smallest absolute Gasteiger partial charge is 0.225 e. The fraction of sp³-hybridized carbons (Fsp3) is 0.211. The zero-order valence-electron chi connectivity index (χ0n) is 12.2. The molecule has 0 saturated carbocycles. The molecule has 0 aliphatic carbocycles. The first kappa shape index (κ1) is 13.6. The van der Waals surface area contributed by atoms with Crippen LogP contribution in [0.15, 0.2) is 66.2 Å². The maximum Gasteiger partial charge on any atom is 0.225 e. The Hall–Kier alpha value is -2.35. The fourth-order valence-corrected chi connectivity index (χ4v) is 2.75. The molecule has 1 fully saturated rings. The molecular formula is C19H19NO. The standard InChI is InChI=1S/C19H19NO/c1-15(12-16-8-4-2-5-9-16)18-13-19(21)20(18)14-17-10-6-3-7-11-17/h2-12,18H,13-14H2,1H3/b15-12-/t18-/m1/s1. The Balaban J connectivity index is 1.73. The lowest BCUT2D eigenvalue weighted by molar-refractivity contribution is -0.144. The van der Waals surface area contributed by atoms with Crippen molar-refractivity contribution in [2.45, 2.75) is 25.9 Å². The summed E-state index contributed by atoms with van der Waals surface area (Å²) >= 11 is 0. The highest BCUT2D eigenvalue weighted by Crippen LogP contribution is 2.28. The molecule has 0 N–H and O–H groups in total. The van der Waals surface area contributed by atoms with E-state index < -0.39 is 0 Å². The first-order valence-corrected chi connectivity index (χ1v) is 7.30. The van der Waals surface area contributed by atoms with E-state index in [1.807, 2.05) is 41.3 Å². The van der Waals surface area contributed by atoms with Crippen LogP contribution in [-0.4, -0.2) is 16.8 Å². The van der Waals surface area contributed by atoms with Crippen LogP contribution in [0.4, 0.5) is 0 Å². The van der Waals surface area contributed by atoms with Gasteiger partial charge in [-0.2, -0.15) is 0 Å². The molecule has 2 aromatic carbocycles. The van der Waals surface area contributed by atoms with Crippen molar-refractivity contribution in [1.82, 2.24) is 4.90 Å². The SMILES string of the molecule is C/C(=C/c1ccccc1)[C@H]1CC(=O)N1Cc1ccccc1. The number of rotatable bonds is 4. The van der Waals surface area contributed by atoms with Gasteiger partial charge >= 0.3 is 0 Å². The minimum absolute atomic E-state index is 0.234. The summed E-state index contributed by atoms with van der Waals surface area (Å²) < 4.78 is 0. The van der Waals surface area contributed by atoms with E-state index >= 15 is 0 Å². The van der Waals surface area contributed by atoms with Gasteiger partial charge in [0.05, 0.1) is 12.5 Å². The Kier molecular flexibility index (Phi) is 3.87. The average molecular weight is 277 g/mol. The molecule has 3 rings (SSSR count). The summed E-state index contributed by atoms with van der Waals surface area (Å²) in [6.07, 6.45) is 2.80. The van der Waals surface area contributed by atoms with Crippen LogP contribution in [0.3, 0.4) is 0 Å². The van der Waals surface area contributed by atoms with Crippen molar-refractivity contribution >= 4 is 12.0 Å². The Morgan fingerprint density at radius 1 is 1.10 bits per heavy atom. The molecule has 1 saturated heterocycles. The lowest BCUT2D eigenvalue weighted by Crippen LogP contribution is -2.52. The monoisotopic (exact) mass is 277 g/mol. The molecule has 21 heavy (non-hydrogen) atoms. The van der Waals surface area contributed by atoms with Crippen LogP contribution in [0.5, 0.6) is 0 Å². The third-order valence-corrected chi connectivity index (χ3v) is 3.98. The van der Waals surface area contributed by atoms with Gasteiger partial charge in [0.25, 0.3) is 0 Å². The summed E-state index contributed by atoms with van der Waals surface area (Å²) in [5.41, 5.74) is 3.62. The third kappa shape index (κ3) is 3.05. The second kappa shape index (κ2) is 5.96. The molecule has 0 bridgehead atoms. The van der Waals surface area contributed by atoms with Crippen LogP contribution in [0.2, 0.25) is 0 Å². The topological polar surface area (TPSA) is 20.3 Å². The highest BCUT2D eigenvalue weighted by atomic mass is 16.2. The zero-order chi connectivity index (χ0) is 14.7. The molecule has 2 aromatic rings. The average Bonchev–Trinajstić information content (AvgIpc) is 2.52. The summed E-state index contributed by atoms with van der Waals surface area (Å²) in [5, 5.41) is 0. The Bertz CT molecular complexity index is 646. The van der Waals surface area contributed by atoms with E-state index in [0.717, 1.165) is 0 Å². The number of benzene rings is 2. The van der Waals surface area contributed by atoms with Crippen LogP contribution in [0.25, 0.3) is 6.08 Å². The first-order chi connectivity index (χ1) is 10.2. The van der Waals surface area contributed by atoms with E-state index in [4.69, 9.17) is 0 Å². The van der Waals surface area contributed by atoms with Crippen molar-refractivity contribution in [2.24, 2.45) is 0 Å². The number of likely N-dealkylation sites (tertiary alicyclic amines) is 1. The molecule has 2 nitrogen and oxygen atoms in total. The maximum atomic E-state index is 11.9. The molecule has 0 spiro atoms. The van der Waals surface area contributed by atoms with Gasteiger partial charge < -0.3 is 4.90 Å². The highest BCUT2D eigenvalue weighted by Gasteiger charge is 2.36. The number of nitrogens with zero attached hydrogens (tertiary/aromatic N) is 1. The van der Waals surface area contributed by atoms with Gasteiger partial charge in [-0.3, -0.25) is 4.79 Å². The summed E-state index contributed by atoms with van der Waals surface area (Å²) in [4.78, 5) is 13.9. The quantitative estimate of drug-likeness (QED) is 0.776. The number of hydrogen-bond acceptors (Lipinski definition) is 1. The van der Waals surface area contributed by atoms with E-state index in [2.05, 4.69) is 37.3 Å². The van der Waals surface area contributed by atoms with E-state index in [-0.39, 0.29) is 11.9 Å². The molecule has 1 atom stereocenters. The zero-order valence-corrected chi connectivity index (χ0v) is 12.2. The van der Waals surface area contributed by atoms with Crippen molar-refractivity contribution in [2.75, 3.05) is 0 Å². The lowest BCUT2D eigenvalue weighted by atomic mass is 9.92. The van der Waals surface area contributed by atoms with Crippen molar-refractivity contribution in [1.29, 1.82) is 0 Å². The van der Waals surface area contributed by atoms with Gasteiger partial charge in [-0.15, -0.1) is 0 Å². The van der Waals surface area contributed by atoms with E-state index in [1.165, 1.54) is 16.7 Å². The van der Waals surface area contributed by atoms with Gasteiger partial charge in [-0.25, -0.2) is 0 Å². The van der Waals surface area contributed by atoms with Crippen LogP contribution in [0, 0.1) is 0 Å². The predicted molar refractivity (Wildman–Crippen MR) is 85.5 cm³/mol. The molecule has 1 aliphatic rings. The number of carbonyl (C=O) groups is 1. The number of hydrogen-bond donors (Lipinski definition) is 0. The lowest BCUT2D eigenvalue weighted by Gasteiger charge is -2.41. The minimum Gasteiger partial charge on any atom is -0.331 e. The molecule has 1 aliphatic heterocycles. The maximum absolute atomic E-state index is 11.9. The van der Waals surface area contributed by atoms with Crippen molar-refractivity contribution in [3.8, 4) is 0 Å². The van der Waals surface area contributed by atoms with Gasteiger partial charge in [0.1, 0.15) is 0 Å². The van der Waals surface area contributed by atoms with Gasteiger partial charge in [0, 0.05) is 6.54 Å². The van der Waals surface area contributed by atoms with Gasteiger partial charge in [-0.05, 0) is 23.6 Å². The number of carbonyl (C=O) groups excluding carboxylic acids is 1. The van der Waals surface area contributed by atoms with Crippen molar-refractivity contribution in [3.05, 3.63) is 77.4 Å². The van der Waals surface area contributed by atoms with E-state index in [0.29, 0.717) is 13.0 Å². The van der Waals surface area contributed by atoms with Crippen molar-refractivity contribution in [3.63, 3.8) is 0 Å². The normalized spacial score (nSPS) is 18.5. The molecule has 0 aromatic heterocycles. The van der Waals surface area contributed by atoms with E-state index in [9.17, 15) is 4.79 Å². The van der Waals surface area contributed by atoms with Crippen LogP contribution >= 0.6 is 0 Å². The Labute approximate surface area is 125 Å². The number of β-lactam (4-membered cyclic amide) rings is 1. The summed E-state index contributed by atoms with van der Waals surface area (Å²) in [5.74, 6) is 0.240. The molecule has 0 unspecified atom stereocenters.